The highest BCUT2D eigenvalue weighted by Crippen LogP contribution is 2.28. The Balaban J connectivity index is 1.60. The molecule has 27 heavy (non-hydrogen) atoms. The molecule has 2 aromatic heterocycles. The SMILES string of the molecule is COc1ccc(C(=O)Nc2nc3scc(-c4cccc(OC)c4)n3n2)cc1. The Morgan fingerprint density at radius 2 is 1.85 bits per heavy atom. The molecule has 0 aliphatic rings. The molecular weight excluding hydrogens is 364 g/mol. The molecule has 0 aliphatic heterocycles. The van der Waals surface area contributed by atoms with Crippen molar-refractivity contribution < 1.29 is 14.3 Å². The largest absolute Gasteiger partial charge is 0.497 e. The van der Waals surface area contributed by atoms with E-state index in [9.17, 15) is 4.79 Å². The van der Waals surface area contributed by atoms with Crippen molar-refractivity contribution in [2.45, 2.75) is 0 Å². The number of anilines is 1. The molecule has 2 heterocycles. The Morgan fingerprint density at radius 3 is 2.59 bits per heavy atom. The lowest BCUT2D eigenvalue weighted by molar-refractivity contribution is 0.102. The van der Waals surface area contributed by atoms with Crippen molar-refractivity contribution in [3.63, 3.8) is 0 Å². The van der Waals surface area contributed by atoms with Gasteiger partial charge in [0.15, 0.2) is 0 Å². The maximum absolute atomic E-state index is 12.4. The van der Waals surface area contributed by atoms with E-state index in [1.54, 1.807) is 43.0 Å². The van der Waals surface area contributed by atoms with Crippen LogP contribution in [0.1, 0.15) is 10.4 Å². The molecule has 0 fully saturated rings. The van der Waals surface area contributed by atoms with E-state index in [0.29, 0.717) is 16.3 Å². The van der Waals surface area contributed by atoms with Crippen LogP contribution in [0.3, 0.4) is 0 Å². The first-order valence-electron chi connectivity index (χ1n) is 8.12. The van der Waals surface area contributed by atoms with Gasteiger partial charge in [0.1, 0.15) is 11.5 Å². The molecule has 0 aliphatic carbocycles. The van der Waals surface area contributed by atoms with Crippen LogP contribution in [0.15, 0.2) is 53.9 Å². The fraction of sp³-hybridized carbons (Fsp3) is 0.105. The van der Waals surface area contributed by atoms with Gasteiger partial charge in [0, 0.05) is 16.5 Å². The number of ether oxygens (including phenoxy) is 2. The average molecular weight is 380 g/mol. The summed E-state index contributed by atoms with van der Waals surface area (Å²) in [7, 11) is 3.21. The van der Waals surface area contributed by atoms with Crippen molar-refractivity contribution in [1.82, 2.24) is 14.6 Å². The van der Waals surface area contributed by atoms with Gasteiger partial charge in [0.05, 0.1) is 19.9 Å². The number of hydrogen-bond acceptors (Lipinski definition) is 6. The topological polar surface area (TPSA) is 77.8 Å². The van der Waals surface area contributed by atoms with Gasteiger partial charge in [-0.1, -0.05) is 12.1 Å². The Morgan fingerprint density at radius 1 is 1.07 bits per heavy atom. The Hall–Kier alpha value is -3.39. The second-order valence-corrected chi connectivity index (χ2v) is 6.50. The van der Waals surface area contributed by atoms with Crippen molar-refractivity contribution >= 4 is 28.2 Å². The summed E-state index contributed by atoms with van der Waals surface area (Å²) in [6.07, 6.45) is 0. The number of fused-ring (bicyclic) bond motifs is 1. The predicted molar refractivity (Wildman–Crippen MR) is 104 cm³/mol. The van der Waals surface area contributed by atoms with E-state index in [0.717, 1.165) is 17.0 Å². The molecule has 136 valence electrons. The molecule has 8 heteroatoms. The molecule has 4 aromatic rings. The zero-order valence-electron chi connectivity index (χ0n) is 14.7. The van der Waals surface area contributed by atoms with Crippen LogP contribution in [0.2, 0.25) is 0 Å². The summed E-state index contributed by atoms with van der Waals surface area (Å²) in [5, 5.41) is 9.13. The summed E-state index contributed by atoms with van der Waals surface area (Å²) < 4.78 is 12.1. The number of nitrogens with one attached hydrogen (secondary N) is 1. The minimum atomic E-state index is -0.279. The summed E-state index contributed by atoms with van der Waals surface area (Å²) in [6.45, 7) is 0. The number of methoxy groups -OCH3 is 2. The molecule has 0 saturated carbocycles. The van der Waals surface area contributed by atoms with Crippen LogP contribution in [-0.2, 0) is 0 Å². The second kappa shape index (κ2) is 7.08. The normalized spacial score (nSPS) is 10.7. The number of thiazole rings is 1. The minimum Gasteiger partial charge on any atom is -0.497 e. The number of carbonyl (C=O) groups excluding carboxylic acids is 1. The molecule has 0 unspecified atom stereocenters. The zero-order chi connectivity index (χ0) is 18.8. The number of nitrogens with zero attached hydrogens (tertiary/aromatic N) is 3. The quantitative estimate of drug-likeness (QED) is 0.571. The zero-order valence-corrected chi connectivity index (χ0v) is 15.5. The van der Waals surface area contributed by atoms with E-state index in [4.69, 9.17) is 9.47 Å². The summed E-state index contributed by atoms with van der Waals surface area (Å²) in [5.74, 6) is 1.43. The number of carbonyl (C=O) groups is 1. The molecule has 1 amide bonds. The van der Waals surface area contributed by atoms with Gasteiger partial charge in [-0.15, -0.1) is 16.4 Å². The maximum Gasteiger partial charge on any atom is 0.258 e. The van der Waals surface area contributed by atoms with Crippen LogP contribution in [-0.4, -0.2) is 34.7 Å². The van der Waals surface area contributed by atoms with Gasteiger partial charge in [-0.25, -0.2) is 4.52 Å². The summed E-state index contributed by atoms with van der Waals surface area (Å²) in [4.78, 5) is 17.5. The highest BCUT2D eigenvalue weighted by atomic mass is 32.1. The minimum absolute atomic E-state index is 0.256. The Bertz CT molecular complexity index is 1100. The summed E-state index contributed by atoms with van der Waals surface area (Å²) in [6, 6.07) is 14.5. The number of benzene rings is 2. The molecule has 7 nitrogen and oxygen atoms in total. The molecule has 0 atom stereocenters. The third-order valence-corrected chi connectivity index (χ3v) is 4.84. The van der Waals surface area contributed by atoms with Gasteiger partial charge >= 0.3 is 0 Å². The number of amides is 1. The van der Waals surface area contributed by atoms with Crippen LogP contribution in [0.5, 0.6) is 11.5 Å². The van der Waals surface area contributed by atoms with Gasteiger partial charge in [-0.2, -0.15) is 4.98 Å². The van der Waals surface area contributed by atoms with Crippen LogP contribution >= 0.6 is 11.3 Å². The van der Waals surface area contributed by atoms with E-state index >= 15 is 0 Å². The molecule has 0 spiro atoms. The molecule has 0 bridgehead atoms. The molecule has 1 N–H and O–H groups in total. The van der Waals surface area contributed by atoms with E-state index in [-0.39, 0.29) is 11.9 Å². The monoisotopic (exact) mass is 380 g/mol. The average Bonchev–Trinajstić information content (AvgIpc) is 3.28. The van der Waals surface area contributed by atoms with Gasteiger partial charge in [0.2, 0.25) is 4.96 Å². The van der Waals surface area contributed by atoms with Gasteiger partial charge < -0.3 is 9.47 Å². The smallest absolute Gasteiger partial charge is 0.258 e. The van der Waals surface area contributed by atoms with Crippen molar-refractivity contribution in [3.8, 4) is 22.8 Å². The van der Waals surface area contributed by atoms with Crippen molar-refractivity contribution in [2.24, 2.45) is 0 Å². The number of rotatable bonds is 5. The third kappa shape index (κ3) is 3.34. The van der Waals surface area contributed by atoms with E-state index < -0.39 is 0 Å². The van der Waals surface area contributed by atoms with Crippen LogP contribution in [0.4, 0.5) is 5.95 Å². The molecular formula is C19H16N4O3S. The van der Waals surface area contributed by atoms with Crippen molar-refractivity contribution in [2.75, 3.05) is 19.5 Å². The maximum atomic E-state index is 12.4. The third-order valence-electron chi connectivity index (χ3n) is 4.02. The second-order valence-electron chi connectivity index (χ2n) is 5.67. The van der Waals surface area contributed by atoms with Crippen LogP contribution < -0.4 is 14.8 Å². The summed E-state index contributed by atoms with van der Waals surface area (Å²) in [5.41, 5.74) is 2.34. The van der Waals surface area contributed by atoms with Gasteiger partial charge in [-0.05, 0) is 36.4 Å². The Kier molecular flexibility index (Phi) is 4.47. The highest BCUT2D eigenvalue weighted by molar-refractivity contribution is 7.15. The first kappa shape index (κ1) is 17.0. The fourth-order valence-electron chi connectivity index (χ4n) is 2.63. The Labute approximate surface area is 159 Å². The van der Waals surface area contributed by atoms with Crippen LogP contribution in [0.25, 0.3) is 16.2 Å². The highest BCUT2D eigenvalue weighted by Gasteiger charge is 2.14. The predicted octanol–water partition coefficient (Wildman–Crippen LogP) is 3.73. The molecule has 2 aromatic carbocycles. The first-order chi connectivity index (χ1) is 13.2. The molecule has 0 radical (unpaired) electrons. The lowest BCUT2D eigenvalue weighted by Gasteiger charge is -2.03. The van der Waals surface area contributed by atoms with Crippen molar-refractivity contribution in [3.05, 3.63) is 59.5 Å². The van der Waals surface area contributed by atoms with E-state index in [1.165, 1.54) is 11.3 Å². The lowest BCUT2D eigenvalue weighted by Crippen LogP contribution is -2.13. The molecule has 0 saturated heterocycles. The van der Waals surface area contributed by atoms with Gasteiger partial charge in [0.25, 0.3) is 11.9 Å². The molecule has 4 rings (SSSR count). The number of aromatic nitrogens is 3. The fourth-order valence-corrected chi connectivity index (χ4v) is 3.46. The number of hydrogen-bond donors (Lipinski definition) is 1. The lowest BCUT2D eigenvalue weighted by atomic mass is 10.2. The van der Waals surface area contributed by atoms with Crippen LogP contribution in [0, 0.1) is 0 Å². The van der Waals surface area contributed by atoms with E-state index in [2.05, 4.69) is 15.4 Å². The first-order valence-corrected chi connectivity index (χ1v) is 9.00. The van der Waals surface area contributed by atoms with E-state index in [1.807, 2.05) is 29.6 Å². The van der Waals surface area contributed by atoms with Crippen molar-refractivity contribution in [1.29, 1.82) is 0 Å². The van der Waals surface area contributed by atoms with Gasteiger partial charge in [-0.3, -0.25) is 10.1 Å². The standard InChI is InChI=1S/C19H16N4O3S/c1-25-14-8-6-12(7-9-14)17(24)20-18-21-19-23(22-18)16(11-27-19)13-4-3-5-15(10-13)26-2/h3-11H,1-2H3,(H,20,22,24). The summed E-state index contributed by atoms with van der Waals surface area (Å²) >= 11 is 1.45.